The van der Waals surface area contributed by atoms with Gasteiger partial charge >= 0.3 is 0 Å². The van der Waals surface area contributed by atoms with Crippen LogP contribution in [0.5, 0.6) is 11.6 Å². The lowest BCUT2D eigenvalue weighted by Crippen LogP contribution is -2.02. The van der Waals surface area contributed by atoms with Gasteiger partial charge in [-0.25, -0.2) is 0 Å². The third-order valence-corrected chi connectivity index (χ3v) is 3.05. The number of nitrogens with two attached hydrogens (primary N) is 1. The first-order chi connectivity index (χ1) is 10.2. The number of ether oxygens (including phenoxy) is 1. The monoisotopic (exact) mass is 284 g/mol. The lowest BCUT2D eigenvalue weighted by Gasteiger charge is -2.04. The van der Waals surface area contributed by atoms with Gasteiger partial charge in [0.15, 0.2) is 0 Å². The van der Waals surface area contributed by atoms with Gasteiger partial charge < -0.3 is 10.5 Å². The van der Waals surface area contributed by atoms with E-state index in [1.807, 2.05) is 28.8 Å². The molecule has 106 valence electrons. The van der Waals surface area contributed by atoms with Crippen LogP contribution in [0.1, 0.15) is 5.69 Å². The zero-order valence-electron chi connectivity index (χ0n) is 11.0. The van der Waals surface area contributed by atoms with Crippen molar-refractivity contribution in [3.8, 4) is 11.6 Å². The van der Waals surface area contributed by atoms with Crippen molar-refractivity contribution in [3.63, 3.8) is 0 Å². The van der Waals surface area contributed by atoms with Gasteiger partial charge in [0.05, 0.1) is 4.92 Å². The second-order valence-corrected chi connectivity index (χ2v) is 4.35. The summed E-state index contributed by atoms with van der Waals surface area (Å²) in [7, 11) is 0. The molecule has 2 heterocycles. The number of imidazole rings is 1. The largest absolute Gasteiger partial charge is 0.437 e. The van der Waals surface area contributed by atoms with Crippen LogP contribution in [0.3, 0.4) is 0 Å². The second-order valence-electron chi connectivity index (χ2n) is 4.35. The van der Waals surface area contributed by atoms with E-state index in [0.29, 0.717) is 11.6 Å². The molecule has 0 aliphatic heterocycles. The van der Waals surface area contributed by atoms with Crippen LogP contribution in [0.25, 0.3) is 5.65 Å². The lowest BCUT2D eigenvalue weighted by molar-refractivity contribution is -0.384. The Labute approximate surface area is 119 Å². The quantitative estimate of drug-likeness (QED) is 0.586. The molecular formula is C14H12N4O3. The highest BCUT2D eigenvalue weighted by Gasteiger charge is 2.13. The van der Waals surface area contributed by atoms with Crippen LogP contribution in [0, 0.1) is 10.1 Å². The molecule has 0 unspecified atom stereocenters. The Morgan fingerprint density at radius 2 is 2.00 bits per heavy atom. The van der Waals surface area contributed by atoms with Crippen LogP contribution in [0.4, 0.5) is 5.69 Å². The van der Waals surface area contributed by atoms with Crippen LogP contribution in [0.15, 0.2) is 48.7 Å². The average molecular weight is 284 g/mol. The van der Waals surface area contributed by atoms with E-state index in [2.05, 4.69) is 4.98 Å². The summed E-state index contributed by atoms with van der Waals surface area (Å²) in [6.45, 7) is 0.271. The maximum absolute atomic E-state index is 10.6. The molecule has 1 aromatic carbocycles. The van der Waals surface area contributed by atoms with Crippen molar-refractivity contribution in [1.82, 2.24) is 9.38 Å². The lowest BCUT2D eigenvalue weighted by atomic mass is 10.3. The highest BCUT2D eigenvalue weighted by molar-refractivity contribution is 5.47. The summed E-state index contributed by atoms with van der Waals surface area (Å²) in [5.74, 6) is 0.872. The second kappa shape index (κ2) is 5.22. The van der Waals surface area contributed by atoms with Crippen molar-refractivity contribution in [2.75, 3.05) is 0 Å². The molecule has 21 heavy (non-hydrogen) atoms. The van der Waals surface area contributed by atoms with Gasteiger partial charge in [0.1, 0.15) is 17.1 Å². The first-order valence-electron chi connectivity index (χ1n) is 6.27. The Balaban J connectivity index is 1.95. The molecular weight excluding hydrogens is 272 g/mol. The van der Waals surface area contributed by atoms with Crippen LogP contribution in [0.2, 0.25) is 0 Å². The van der Waals surface area contributed by atoms with Gasteiger partial charge in [0, 0.05) is 24.9 Å². The minimum atomic E-state index is -0.458. The van der Waals surface area contributed by atoms with E-state index in [9.17, 15) is 10.1 Å². The smallest absolute Gasteiger partial charge is 0.269 e. The van der Waals surface area contributed by atoms with Crippen molar-refractivity contribution in [3.05, 3.63) is 64.5 Å². The predicted octanol–water partition coefficient (Wildman–Crippen LogP) is 2.49. The number of rotatable bonds is 4. The highest BCUT2D eigenvalue weighted by atomic mass is 16.6. The van der Waals surface area contributed by atoms with Crippen molar-refractivity contribution < 1.29 is 9.66 Å². The summed E-state index contributed by atoms with van der Waals surface area (Å²) in [5, 5.41) is 10.6. The van der Waals surface area contributed by atoms with Gasteiger partial charge in [0.25, 0.3) is 5.69 Å². The fraction of sp³-hybridized carbons (Fsp3) is 0.0714. The summed E-state index contributed by atoms with van der Waals surface area (Å²) >= 11 is 0. The number of nitro groups is 1. The van der Waals surface area contributed by atoms with Gasteiger partial charge in [-0.05, 0) is 24.3 Å². The number of benzene rings is 1. The number of non-ortho nitro benzene ring substituents is 1. The molecule has 2 N–H and O–H groups in total. The number of pyridine rings is 1. The Kier molecular flexibility index (Phi) is 3.25. The van der Waals surface area contributed by atoms with Crippen LogP contribution >= 0.6 is 0 Å². The normalized spacial score (nSPS) is 10.7. The fourth-order valence-electron chi connectivity index (χ4n) is 2.04. The third-order valence-electron chi connectivity index (χ3n) is 3.05. The number of nitrogens with zero attached hydrogens (tertiary/aromatic N) is 3. The fourth-order valence-corrected chi connectivity index (χ4v) is 2.04. The maximum Gasteiger partial charge on any atom is 0.269 e. The Bertz CT molecular complexity index is 796. The molecule has 2 aromatic heterocycles. The first-order valence-corrected chi connectivity index (χ1v) is 6.27. The zero-order chi connectivity index (χ0) is 14.8. The number of aromatic nitrogens is 2. The molecule has 3 aromatic rings. The predicted molar refractivity (Wildman–Crippen MR) is 76.3 cm³/mol. The number of nitro benzene ring substituents is 1. The molecule has 0 saturated heterocycles. The number of hydrogen-bond donors (Lipinski definition) is 1. The van der Waals surface area contributed by atoms with Crippen molar-refractivity contribution in [2.45, 2.75) is 6.54 Å². The molecule has 0 saturated carbocycles. The van der Waals surface area contributed by atoms with E-state index < -0.39 is 4.92 Å². The van der Waals surface area contributed by atoms with E-state index in [-0.39, 0.29) is 12.2 Å². The molecule has 0 atom stereocenters. The summed E-state index contributed by atoms with van der Waals surface area (Å²) in [4.78, 5) is 14.5. The van der Waals surface area contributed by atoms with Gasteiger partial charge in [-0.2, -0.15) is 4.98 Å². The van der Waals surface area contributed by atoms with Crippen LogP contribution < -0.4 is 10.5 Å². The third kappa shape index (κ3) is 2.41. The summed E-state index contributed by atoms with van der Waals surface area (Å²) < 4.78 is 7.53. The molecule has 0 aliphatic rings. The van der Waals surface area contributed by atoms with Crippen molar-refractivity contribution >= 4 is 11.3 Å². The Morgan fingerprint density at radius 1 is 1.24 bits per heavy atom. The molecule has 3 rings (SSSR count). The van der Waals surface area contributed by atoms with Gasteiger partial charge in [0.2, 0.25) is 5.88 Å². The number of hydrogen-bond acceptors (Lipinski definition) is 5. The molecule has 0 fully saturated rings. The van der Waals surface area contributed by atoms with Gasteiger partial charge in [-0.15, -0.1) is 0 Å². The SMILES string of the molecule is NCc1c(Oc2ccc([N+](=O)[O-])cc2)nc2ccccn12. The van der Waals surface area contributed by atoms with Crippen LogP contribution in [-0.4, -0.2) is 14.3 Å². The van der Waals surface area contributed by atoms with Crippen molar-refractivity contribution in [1.29, 1.82) is 0 Å². The summed E-state index contributed by atoms with van der Waals surface area (Å²) in [6.07, 6.45) is 1.85. The van der Waals surface area contributed by atoms with E-state index in [0.717, 1.165) is 11.3 Å². The topological polar surface area (TPSA) is 95.7 Å². The minimum Gasteiger partial charge on any atom is -0.437 e. The van der Waals surface area contributed by atoms with Gasteiger partial charge in [-0.1, -0.05) is 6.07 Å². The van der Waals surface area contributed by atoms with E-state index >= 15 is 0 Å². The highest BCUT2D eigenvalue weighted by Crippen LogP contribution is 2.26. The molecule has 0 radical (unpaired) electrons. The molecule has 0 aliphatic carbocycles. The summed E-state index contributed by atoms with van der Waals surface area (Å²) in [5.41, 5.74) is 7.23. The van der Waals surface area contributed by atoms with Crippen LogP contribution in [-0.2, 0) is 6.54 Å². The number of fused-ring (bicyclic) bond motifs is 1. The maximum atomic E-state index is 10.6. The molecule has 7 nitrogen and oxygen atoms in total. The zero-order valence-corrected chi connectivity index (χ0v) is 11.0. The molecule has 7 heteroatoms. The van der Waals surface area contributed by atoms with Gasteiger partial charge in [-0.3, -0.25) is 14.5 Å². The first kappa shape index (κ1) is 13.1. The van der Waals surface area contributed by atoms with E-state index in [4.69, 9.17) is 10.5 Å². The Morgan fingerprint density at radius 3 is 2.67 bits per heavy atom. The standard InChI is InChI=1S/C14H12N4O3/c15-9-12-14(16-13-3-1-2-8-17(12)13)21-11-6-4-10(5-7-11)18(19)20/h1-8H,9,15H2. The summed E-state index contributed by atoms with van der Waals surface area (Å²) in [6, 6.07) is 11.4. The average Bonchev–Trinajstić information content (AvgIpc) is 2.84. The molecule has 0 amide bonds. The van der Waals surface area contributed by atoms with E-state index in [1.165, 1.54) is 24.3 Å². The van der Waals surface area contributed by atoms with Crippen molar-refractivity contribution in [2.24, 2.45) is 5.73 Å². The molecule has 0 bridgehead atoms. The minimum absolute atomic E-state index is 0.0106. The Hall–Kier alpha value is -2.93. The van der Waals surface area contributed by atoms with E-state index in [1.54, 1.807) is 0 Å². The molecule has 0 spiro atoms.